The summed E-state index contributed by atoms with van der Waals surface area (Å²) >= 11 is 0.401. The molecule has 1 unspecified atom stereocenters. The van der Waals surface area contributed by atoms with E-state index < -0.39 is 35.2 Å². The number of hydrogen-bond acceptors (Lipinski definition) is 27. The number of nitrogens with two attached hydrogens (primary N) is 1. The molecule has 0 aliphatic carbocycles. The second-order valence-corrected chi connectivity index (χ2v) is 23.5. The second-order valence-electron chi connectivity index (χ2n) is 19.9. The topological polar surface area (TPSA) is 372 Å². The average Bonchev–Trinajstić information content (AvgIpc) is 1.23. The molecule has 0 saturated carbocycles. The maximum Gasteiger partial charge on any atom is 0.456 e. The summed E-state index contributed by atoms with van der Waals surface area (Å²) in [5.74, 6) is -2.55. The molecule has 0 fully saturated rings. The van der Waals surface area contributed by atoms with E-state index in [2.05, 4.69) is 73.9 Å². The highest BCUT2D eigenvalue weighted by atomic mass is 32.2. The minimum Gasteiger partial charge on any atom is -0.750 e. The highest BCUT2D eigenvalue weighted by Crippen LogP contribution is 2.41. The van der Waals surface area contributed by atoms with Crippen molar-refractivity contribution in [3.8, 4) is 6.07 Å². The number of methoxy groups -OCH3 is 4. The quantitative estimate of drug-likeness (QED) is 0.0139. The third kappa shape index (κ3) is 22.2. The molecule has 0 bridgehead atoms. The van der Waals surface area contributed by atoms with Crippen LogP contribution < -0.4 is 20.8 Å². The molecule has 486 valence electrons. The van der Waals surface area contributed by atoms with E-state index >= 15 is 0 Å². The molecule has 0 amide bonds. The van der Waals surface area contributed by atoms with Crippen LogP contribution in [0, 0.1) is 37.5 Å². The number of nitrogens with zero attached hydrogens (tertiary/aromatic N) is 7. The van der Waals surface area contributed by atoms with Crippen molar-refractivity contribution in [1.82, 2.24) is 0 Å². The van der Waals surface area contributed by atoms with Crippen molar-refractivity contribution in [1.29, 1.82) is 10.7 Å². The molecule has 90 heavy (non-hydrogen) atoms. The number of nitrogen functional groups attached to an aromatic ring is 1. The van der Waals surface area contributed by atoms with Crippen LogP contribution in [0.25, 0.3) is 4.98 Å². The number of carbonyl (C=O) groups excluding carboxylic acids is 9. The van der Waals surface area contributed by atoms with Crippen molar-refractivity contribution >= 4 is 144 Å². The molecule has 7 heterocycles. The van der Waals surface area contributed by atoms with E-state index in [0.717, 1.165) is 67.1 Å². The molecular weight excluding hydrogens is 1270 g/mol. The molecule has 25 nitrogen and oxygen atoms in total. The summed E-state index contributed by atoms with van der Waals surface area (Å²) in [5.41, 5.74) is 17.7. The zero-order chi connectivity index (χ0) is 66.8. The number of carbonyl (C=O) groups is 9. The smallest absolute Gasteiger partial charge is 0.456 e. The number of anilines is 3. The number of thiophene rings is 3. The van der Waals surface area contributed by atoms with Gasteiger partial charge in [0.15, 0.2) is 32.9 Å². The van der Waals surface area contributed by atoms with E-state index in [9.17, 15) is 43.2 Å². The highest BCUT2D eigenvalue weighted by molar-refractivity contribution is 7.73. The van der Waals surface area contributed by atoms with Crippen LogP contribution >= 0.6 is 47.5 Å². The van der Waals surface area contributed by atoms with Gasteiger partial charge >= 0.3 is 28.9 Å². The van der Waals surface area contributed by atoms with Gasteiger partial charge in [0.1, 0.15) is 28.6 Å². The van der Waals surface area contributed by atoms with Crippen LogP contribution in [-0.4, -0.2) is 116 Å². The third-order valence-corrected chi connectivity index (χ3v) is 17.4. The SMILES string of the molecule is CC(=O)CC(C)=O.COC(=O)CC#N.COC(=O)c1c(N)sc(C(C)=O)c1C.COC(=O)c1c(N=Nc2cc3c4c(c2)CCCN4CCC3)sc(C(C)=O)c1C.COC(=O)c1c([N+]#N)sc(C(C)=O)c1C.O=S([O-])O[O-].S.c1cc2c3c(c1)CCCN3CCC2. The summed E-state index contributed by atoms with van der Waals surface area (Å²) in [6, 6.07) is 12.7. The van der Waals surface area contributed by atoms with E-state index in [1.54, 1.807) is 43.7 Å². The minimum absolute atomic E-state index is 0. The first-order valence-corrected chi connectivity index (χ1v) is 30.9. The minimum atomic E-state index is -2.88. The molecule has 0 saturated heterocycles. The maximum absolute atomic E-state index is 12.2. The maximum atomic E-state index is 12.2. The Kier molecular flexibility index (Phi) is 33.5. The van der Waals surface area contributed by atoms with Crippen LogP contribution in [0.3, 0.4) is 0 Å². The number of diazo groups is 1. The molecule has 2 N–H and O–H groups in total. The Morgan fingerprint density at radius 1 is 0.633 bits per heavy atom. The zero-order valence-electron chi connectivity index (χ0n) is 52.1. The summed E-state index contributed by atoms with van der Waals surface area (Å²) in [4.78, 5) is 109. The standard InChI is InChI=1S/C21H23N3O3S.C12H15N.C9H9N2O3S.C9H11NO3S.C5H8O2.C4H5NO2.H2O4S.H2S/c1-12-17(21(26)27-3)20(28-19(12)13(2)25)23-22-16-10-14-6-4-8-24-9-5-7-15(11-16)18(14)24;1-4-10-6-2-8-13-9-3-7-11(5-1)12(10)13;1-4-6(9(13)14-3)8(11-10)15-7(4)5(2)12;1-4-6(9(12)13-3)8(10)14-7(4)5(2)11;1-4(6)3-5(2)7;1-7-4(6)2-3-5;1-4-5(2)3;/h10-11H,4-9H2,1-3H3;1,4-5H,2-3,6-9H2;1-3H3;10H2,1-3H3;3H2,1-2H3;2H2,1H3;1H,(H,2,3);1H2/q;;+1;;;;;/p-2. The van der Waals surface area contributed by atoms with Crippen molar-refractivity contribution in [2.75, 3.05) is 70.2 Å². The van der Waals surface area contributed by atoms with Crippen LogP contribution in [0.15, 0.2) is 40.6 Å². The highest BCUT2D eigenvalue weighted by Gasteiger charge is 2.32. The van der Waals surface area contributed by atoms with Crippen molar-refractivity contribution in [3.63, 3.8) is 0 Å². The molecule has 2 aromatic carbocycles. The van der Waals surface area contributed by atoms with Crippen LogP contribution in [0.1, 0.15) is 172 Å². The summed E-state index contributed by atoms with van der Waals surface area (Å²) in [6.07, 6.45) is 9.63. The Hall–Kier alpha value is -7.94. The number of benzene rings is 2. The molecule has 5 aromatic rings. The predicted molar refractivity (Wildman–Crippen MR) is 344 cm³/mol. The second kappa shape index (κ2) is 38.6. The lowest BCUT2D eigenvalue weighted by Gasteiger charge is -2.36. The van der Waals surface area contributed by atoms with Gasteiger partial charge in [0.25, 0.3) is 0 Å². The van der Waals surface area contributed by atoms with Crippen LogP contribution in [0.4, 0.5) is 32.1 Å². The van der Waals surface area contributed by atoms with Gasteiger partial charge in [-0.25, -0.2) is 18.6 Å². The van der Waals surface area contributed by atoms with Crippen molar-refractivity contribution < 1.29 is 80.5 Å². The van der Waals surface area contributed by atoms with Gasteiger partial charge in [0, 0.05) is 37.6 Å². The Morgan fingerprint density at radius 2 is 1.02 bits per heavy atom. The normalized spacial score (nSPS) is 12.8. The molecule has 1 atom stereocenters. The summed E-state index contributed by atoms with van der Waals surface area (Å²) in [7, 11) is 5.09. The Labute approximate surface area is 543 Å². The molecule has 4 aliphatic heterocycles. The average molecular weight is 1340 g/mol. The van der Waals surface area contributed by atoms with Gasteiger partial charge in [0.05, 0.1) is 78.2 Å². The molecule has 3 aromatic heterocycles. The molecular formula is C60H73N8O17S5-. The number of ether oxygens (including phenoxy) is 4. The van der Waals surface area contributed by atoms with Gasteiger partial charge in [0.2, 0.25) is 5.39 Å². The number of hydrogen-bond donors (Lipinski definition) is 1. The fourth-order valence-electron chi connectivity index (χ4n) is 9.87. The number of aryl methyl sites for hydroxylation is 4. The van der Waals surface area contributed by atoms with Crippen molar-refractivity contribution in [2.45, 2.75) is 120 Å². The lowest BCUT2D eigenvalue weighted by molar-refractivity contribution is -0.635. The number of Topliss-reactive ketones (excluding diaryl/α,β-unsaturated/α-hetero) is 5. The van der Waals surface area contributed by atoms with E-state index in [-0.39, 0.29) is 65.8 Å². The van der Waals surface area contributed by atoms with Crippen molar-refractivity contribution in [3.05, 3.63) is 106 Å². The van der Waals surface area contributed by atoms with Gasteiger partial charge in [-0.1, -0.05) is 18.2 Å². The van der Waals surface area contributed by atoms with E-state index in [1.165, 1.54) is 130 Å². The molecule has 4 aliphatic rings. The Balaban J connectivity index is 0.000000385. The van der Waals surface area contributed by atoms with Gasteiger partial charge in [-0.3, -0.25) is 28.8 Å². The lowest BCUT2D eigenvalue weighted by atomic mass is 9.91. The number of azo groups is 1. The number of ketones is 5. The van der Waals surface area contributed by atoms with Gasteiger partial charge in [-0.15, -0.1) is 32.9 Å². The Morgan fingerprint density at radius 3 is 1.39 bits per heavy atom. The van der Waals surface area contributed by atoms with E-state index in [1.807, 2.05) is 0 Å². The van der Waals surface area contributed by atoms with Gasteiger partial charge in [-0.2, -0.15) is 18.8 Å². The van der Waals surface area contributed by atoms with Gasteiger partial charge in [-0.05, 0) is 169 Å². The number of para-hydroxylation sites is 1. The first kappa shape index (κ1) is 78.2. The Bertz CT molecular complexity index is 3510. The van der Waals surface area contributed by atoms with E-state index in [4.69, 9.17) is 35.1 Å². The van der Waals surface area contributed by atoms with E-state index in [0.29, 0.717) is 52.5 Å². The summed E-state index contributed by atoms with van der Waals surface area (Å²) < 4.78 is 38.2. The predicted octanol–water partition coefficient (Wildman–Crippen LogP) is 10.5. The zero-order valence-corrected chi connectivity index (χ0v) is 56.3. The lowest BCUT2D eigenvalue weighted by Crippen LogP contribution is -2.34. The molecule has 30 heteroatoms. The number of esters is 4. The fraction of sp³-hybridized carbons (Fsp3) is 0.433. The van der Waals surface area contributed by atoms with Crippen LogP contribution in [-0.2, 0) is 74.7 Å². The summed E-state index contributed by atoms with van der Waals surface area (Å²) in [5, 5.41) is 34.7. The monoisotopic (exact) mass is 1340 g/mol. The van der Waals surface area contributed by atoms with Crippen molar-refractivity contribution in [2.24, 2.45) is 10.2 Å². The first-order chi connectivity index (χ1) is 42.2. The molecule has 9 rings (SSSR count). The molecule has 0 radical (unpaired) electrons. The largest absolute Gasteiger partial charge is 0.750 e. The third-order valence-electron chi connectivity index (χ3n) is 13.5. The number of nitriles is 1. The summed E-state index contributed by atoms with van der Waals surface area (Å²) in [6.45, 7) is 17.0. The van der Waals surface area contributed by atoms with Gasteiger partial charge < -0.3 is 48.6 Å². The van der Waals surface area contributed by atoms with Crippen LogP contribution in [0.2, 0.25) is 0 Å². The number of rotatable bonds is 12. The van der Waals surface area contributed by atoms with Crippen LogP contribution in [0.5, 0.6) is 0 Å². The fourth-order valence-corrected chi connectivity index (χ4v) is 12.8. The first-order valence-electron chi connectivity index (χ1n) is 27.5. The molecule has 0 spiro atoms.